The average Bonchev–Trinajstić information content (AvgIpc) is 2.54. The Labute approximate surface area is 112 Å². The number of amides is 1. The van der Waals surface area contributed by atoms with E-state index in [-0.39, 0.29) is 5.91 Å². The van der Waals surface area contributed by atoms with E-state index in [1.54, 1.807) is 0 Å². The first kappa shape index (κ1) is 13.2. The monoisotopic (exact) mass is 267 g/mol. The number of anilines is 1. The minimum absolute atomic E-state index is 0.0582. The van der Waals surface area contributed by atoms with Crippen molar-refractivity contribution in [2.45, 2.75) is 13.0 Å². The number of carbonyl (C=O) groups excluding carboxylic acids is 1. The van der Waals surface area contributed by atoms with E-state index >= 15 is 0 Å². The highest BCUT2D eigenvalue weighted by atomic mass is 35.5. The average molecular weight is 268 g/mol. The minimum atomic E-state index is 0.0582. The summed E-state index contributed by atoms with van der Waals surface area (Å²) in [6.45, 7) is 2.70. The molecule has 1 aliphatic rings. The molecule has 1 saturated heterocycles. The molecule has 1 aromatic carbocycles. The van der Waals surface area contributed by atoms with Gasteiger partial charge in [-0.25, -0.2) is 0 Å². The fourth-order valence-electron chi connectivity index (χ4n) is 2.24. The van der Waals surface area contributed by atoms with Gasteiger partial charge in [0, 0.05) is 19.6 Å². The molecule has 0 aliphatic carbocycles. The largest absolute Gasteiger partial charge is 0.361 e. The molecule has 0 spiro atoms. The highest BCUT2D eigenvalue weighted by Gasteiger charge is 2.19. The molecule has 1 heterocycles. The standard InChI is InChI=1S/C13H18ClN3O/c1-15-8-10-4-2-5-11(14)13(10)17-7-3-6-16-12(18)9-17/h2,4-5,15H,3,6-9H2,1H3,(H,16,18). The van der Waals surface area contributed by atoms with Crippen LogP contribution in [0, 0.1) is 0 Å². The zero-order valence-electron chi connectivity index (χ0n) is 10.5. The summed E-state index contributed by atoms with van der Waals surface area (Å²) in [5, 5.41) is 6.71. The van der Waals surface area contributed by atoms with E-state index in [9.17, 15) is 4.79 Å². The van der Waals surface area contributed by atoms with Crippen molar-refractivity contribution in [1.82, 2.24) is 10.6 Å². The van der Waals surface area contributed by atoms with E-state index in [2.05, 4.69) is 15.5 Å². The van der Waals surface area contributed by atoms with E-state index < -0.39 is 0 Å². The van der Waals surface area contributed by atoms with Gasteiger partial charge >= 0.3 is 0 Å². The molecule has 0 saturated carbocycles. The summed E-state index contributed by atoms with van der Waals surface area (Å²) in [5.74, 6) is 0.0582. The predicted octanol–water partition coefficient (Wildman–Crippen LogP) is 1.39. The maximum absolute atomic E-state index is 11.6. The van der Waals surface area contributed by atoms with E-state index in [1.165, 1.54) is 0 Å². The lowest BCUT2D eigenvalue weighted by Crippen LogP contribution is -2.34. The molecule has 2 N–H and O–H groups in total. The number of halogens is 1. The summed E-state index contributed by atoms with van der Waals surface area (Å²) >= 11 is 6.30. The van der Waals surface area contributed by atoms with Gasteiger partial charge in [-0.2, -0.15) is 0 Å². The van der Waals surface area contributed by atoms with Gasteiger partial charge in [0.25, 0.3) is 0 Å². The molecule has 5 heteroatoms. The molecule has 98 valence electrons. The summed E-state index contributed by atoms with van der Waals surface area (Å²) in [4.78, 5) is 13.7. The molecule has 18 heavy (non-hydrogen) atoms. The summed E-state index contributed by atoms with van der Waals surface area (Å²) in [7, 11) is 1.90. The van der Waals surface area contributed by atoms with Gasteiger partial charge in [0.15, 0.2) is 0 Å². The van der Waals surface area contributed by atoms with Crippen LogP contribution < -0.4 is 15.5 Å². The van der Waals surface area contributed by atoms with Crippen LogP contribution in [-0.4, -0.2) is 32.6 Å². The van der Waals surface area contributed by atoms with Gasteiger partial charge in [0.05, 0.1) is 17.3 Å². The van der Waals surface area contributed by atoms with Crippen LogP contribution in [0.3, 0.4) is 0 Å². The molecule has 1 amide bonds. The maximum atomic E-state index is 11.6. The molecule has 0 aromatic heterocycles. The quantitative estimate of drug-likeness (QED) is 0.870. The van der Waals surface area contributed by atoms with E-state index in [0.717, 1.165) is 37.3 Å². The predicted molar refractivity (Wildman–Crippen MR) is 74.1 cm³/mol. The Bertz CT molecular complexity index is 436. The van der Waals surface area contributed by atoms with Crippen LogP contribution in [0.25, 0.3) is 0 Å². The third-order valence-electron chi connectivity index (χ3n) is 3.02. The second-order valence-corrected chi connectivity index (χ2v) is 4.81. The summed E-state index contributed by atoms with van der Waals surface area (Å²) in [6.07, 6.45) is 0.940. The van der Waals surface area contributed by atoms with Crippen LogP contribution in [0.1, 0.15) is 12.0 Å². The van der Waals surface area contributed by atoms with E-state index in [1.807, 2.05) is 25.2 Å². The third kappa shape index (κ3) is 2.94. The number of nitrogens with one attached hydrogen (secondary N) is 2. The number of para-hydroxylation sites is 1. The lowest BCUT2D eigenvalue weighted by Gasteiger charge is -2.25. The molecule has 2 rings (SSSR count). The number of benzene rings is 1. The van der Waals surface area contributed by atoms with Gasteiger partial charge in [-0.1, -0.05) is 23.7 Å². The molecule has 0 bridgehead atoms. The van der Waals surface area contributed by atoms with Crippen molar-refractivity contribution in [3.05, 3.63) is 28.8 Å². The van der Waals surface area contributed by atoms with Crippen LogP contribution in [-0.2, 0) is 11.3 Å². The maximum Gasteiger partial charge on any atom is 0.239 e. The zero-order valence-corrected chi connectivity index (χ0v) is 11.3. The second kappa shape index (κ2) is 6.07. The lowest BCUT2D eigenvalue weighted by molar-refractivity contribution is -0.119. The number of carbonyl (C=O) groups is 1. The molecule has 1 aromatic rings. The molecule has 1 aliphatic heterocycles. The lowest BCUT2D eigenvalue weighted by atomic mass is 10.1. The van der Waals surface area contributed by atoms with Crippen LogP contribution in [0.2, 0.25) is 5.02 Å². The zero-order chi connectivity index (χ0) is 13.0. The van der Waals surface area contributed by atoms with Crippen molar-refractivity contribution in [2.75, 3.05) is 31.6 Å². The smallest absolute Gasteiger partial charge is 0.239 e. The van der Waals surface area contributed by atoms with Crippen molar-refractivity contribution >= 4 is 23.2 Å². The van der Waals surface area contributed by atoms with Crippen LogP contribution in [0.4, 0.5) is 5.69 Å². The summed E-state index contributed by atoms with van der Waals surface area (Å²) in [6, 6.07) is 5.86. The van der Waals surface area contributed by atoms with Crippen LogP contribution in [0.5, 0.6) is 0 Å². The second-order valence-electron chi connectivity index (χ2n) is 4.40. The first-order chi connectivity index (χ1) is 8.72. The molecular formula is C13H18ClN3O. The van der Waals surface area contributed by atoms with E-state index in [0.29, 0.717) is 11.6 Å². The minimum Gasteiger partial charge on any atom is -0.361 e. The number of nitrogens with zero attached hydrogens (tertiary/aromatic N) is 1. The topological polar surface area (TPSA) is 44.4 Å². The highest BCUT2D eigenvalue weighted by molar-refractivity contribution is 6.33. The van der Waals surface area contributed by atoms with Crippen molar-refractivity contribution < 1.29 is 4.79 Å². The van der Waals surface area contributed by atoms with Gasteiger partial charge < -0.3 is 15.5 Å². The van der Waals surface area contributed by atoms with Gasteiger partial charge in [0.2, 0.25) is 5.91 Å². The Hall–Kier alpha value is -1.26. The Kier molecular flexibility index (Phi) is 4.44. The third-order valence-corrected chi connectivity index (χ3v) is 3.32. The Morgan fingerprint density at radius 2 is 2.33 bits per heavy atom. The molecule has 4 nitrogen and oxygen atoms in total. The van der Waals surface area contributed by atoms with Gasteiger partial charge in [-0.3, -0.25) is 4.79 Å². The molecule has 0 unspecified atom stereocenters. The van der Waals surface area contributed by atoms with E-state index in [4.69, 9.17) is 11.6 Å². The first-order valence-electron chi connectivity index (χ1n) is 6.16. The summed E-state index contributed by atoms with van der Waals surface area (Å²) in [5.41, 5.74) is 2.10. The number of hydrogen-bond donors (Lipinski definition) is 2. The van der Waals surface area contributed by atoms with Crippen molar-refractivity contribution in [3.63, 3.8) is 0 Å². The van der Waals surface area contributed by atoms with Crippen molar-refractivity contribution in [1.29, 1.82) is 0 Å². The van der Waals surface area contributed by atoms with Gasteiger partial charge in [-0.15, -0.1) is 0 Å². The fourth-order valence-corrected chi connectivity index (χ4v) is 2.56. The van der Waals surface area contributed by atoms with Gasteiger partial charge in [0.1, 0.15) is 0 Å². The molecule has 0 radical (unpaired) electrons. The number of hydrogen-bond acceptors (Lipinski definition) is 3. The Balaban J connectivity index is 2.32. The Morgan fingerprint density at radius 1 is 1.50 bits per heavy atom. The summed E-state index contributed by atoms with van der Waals surface area (Å²) < 4.78 is 0. The molecule has 0 atom stereocenters. The van der Waals surface area contributed by atoms with Crippen molar-refractivity contribution in [2.24, 2.45) is 0 Å². The van der Waals surface area contributed by atoms with Gasteiger partial charge in [-0.05, 0) is 25.1 Å². The number of rotatable bonds is 3. The van der Waals surface area contributed by atoms with Crippen LogP contribution >= 0.6 is 11.6 Å². The normalized spacial score (nSPS) is 16.3. The molecule has 1 fully saturated rings. The highest BCUT2D eigenvalue weighted by Crippen LogP contribution is 2.30. The van der Waals surface area contributed by atoms with Crippen LogP contribution in [0.15, 0.2) is 18.2 Å². The SMILES string of the molecule is CNCc1cccc(Cl)c1N1CCCNC(=O)C1. The fraction of sp³-hybridized carbons (Fsp3) is 0.462. The van der Waals surface area contributed by atoms with Crippen molar-refractivity contribution in [3.8, 4) is 0 Å². The molecular weight excluding hydrogens is 250 g/mol. The Morgan fingerprint density at radius 3 is 3.11 bits per heavy atom. The first-order valence-corrected chi connectivity index (χ1v) is 6.54.